The van der Waals surface area contributed by atoms with E-state index in [9.17, 15) is 4.79 Å². The first-order valence-electron chi connectivity index (χ1n) is 3.77. The molecule has 0 fully saturated rings. The van der Waals surface area contributed by atoms with Gasteiger partial charge in [-0.1, -0.05) is 6.07 Å². The van der Waals surface area contributed by atoms with Gasteiger partial charge in [-0.15, -0.1) is 0 Å². The molecule has 1 rings (SSSR count). The van der Waals surface area contributed by atoms with E-state index in [0.717, 1.165) is 17.7 Å². The van der Waals surface area contributed by atoms with Crippen molar-refractivity contribution in [2.45, 2.75) is 0 Å². The minimum absolute atomic E-state index is 0.671. The average Bonchev–Trinajstić information content (AvgIpc) is 2.16. The van der Waals surface area contributed by atoms with E-state index in [1.807, 2.05) is 19.2 Å². The summed E-state index contributed by atoms with van der Waals surface area (Å²) in [6.45, 7) is 0. The topological polar surface area (TPSA) is 41.1 Å². The summed E-state index contributed by atoms with van der Waals surface area (Å²) in [5.74, 6) is 0. The molecule has 2 N–H and O–H groups in total. The largest absolute Gasteiger partial charge is 0.386 e. The summed E-state index contributed by atoms with van der Waals surface area (Å²) in [5, 5.41) is 5.97. The molecule has 0 heterocycles. The number of rotatable bonds is 3. The number of hydrogen-bond donors (Lipinski definition) is 2. The van der Waals surface area contributed by atoms with Crippen molar-refractivity contribution in [1.29, 1.82) is 0 Å². The van der Waals surface area contributed by atoms with Gasteiger partial charge in [-0.25, -0.2) is 0 Å². The van der Waals surface area contributed by atoms with E-state index in [1.165, 1.54) is 0 Å². The van der Waals surface area contributed by atoms with Gasteiger partial charge in [0.1, 0.15) is 0 Å². The van der Waals surface area contributed by atoms with Crippen LogP contribution < -0.4 is 10.6 Å². The highest BCUT2D eigenvalue weighted by Crippen LogP contribution is 2.23. The maximum absolute atomic E-state index is 10.6. The third-order valence-electron chi connectivity index (χ3n) is 1.74. The number of nitrogens with one attached hydrogen (secondary N) is 2. The van der Waals surface area contributed by atoms with Gasteiger partial charge in [0.15, 0.2) is 6.29 Å². The van der Waals surface area contributed by atoms with Crippen LogP contribution in [0.5, 0.6) is 0 Å². The number of hydrogen-bond acceptors (Lipinski definition) is 3. The van der Waals surface area contributed by atoms with Gasteiger partial charge >= 0.3 is 0 Å². The van der Waals surface area contributed by atoms with E-state index < -0.39 is 0 Å². The molecule has 0 aliphatic heterocycles. The first-order chi connectivity index (χ1) is 5.83. The molecule has 1 aromatic rings. The molecular weight excluding hydrogens is 152 g/mol. The van der Waals surface area contributed by atoms with Crippen LogP contribution in [-0.2, 0) is 0 Å². The lowest BCUT2D eigenvalue weighted by atomic mass is 10.1. The molecule has 0 aliphatic carbocycles. The minimum Gasteiger partial charge on any atom is -0.386 e. The van der Waals surface area contributed by atoms with E-state index in [-0.39, 0.29) is 0 Å². The molecule has 0 bridgehead atoms. The monoisotopic (exact) mass is 164 g/mol. The molecule has 0 amide bonds. The number of anilines is 2. The predicted molar refractivity (Wildman–Crippen MR) is 50.9 cm³/mol. The fourth-order valence-electron chi connectivity index (χ4n) is 1.16. The zero-order chi connectivity index (χ0) is 8.97. The van der Waals surface area contributed by atoms with Crippen LogP contribution in [0.3, 0.4) is 0 Å². The molecule has 0 radical (unpaired) electrons. The Balaban J connectivity index is 3.21. The van der Waals surface area contributed by atoms with Crippen molar-refractivity contribution >= 4 is 17.7 Å². The van der Waals surface area contributed by atoms with Crippen molar-refractivity contribution in [1.82, 2.24) is 0 Å². The van der Waals surface area contributed by atoms with Crippen LogP contribution in [-0.4, -0.2) is 20.4 Å². The predicted octanol–water partition coefficient (Wildman–Crippen LogP) is 1.58. The highest BCUT2D eigenvalue weighted by atomic mass is 16.1. The van der Waals surface area contributed by atoms with Crippen LogP contribution in [0.2, 0.25) is 0 Å². The van der Waals surface area contributed by atoms with Gasteiger partial charge in [-0.2, -0.15) is 0 Å². The normalized spacial score (nSPS) is 9.17. The Hall–Kier alpha value is -1.51. The molecule has 0 spiro atoms. The molecule has 0 aliphatic rings. The Kier molecular flexibility index (Phi) is 2.69. The van der Waals surface area contributed by atoms with Gasteiger partial charge in [-0.05, 0) is 12.1 Å². The van der Waals surface area contributed by atoms with Gasteiger partial charge < -0.3 is 10.6 Å². The van der Waals surface area contributed by atoms with Crippen molar-refractivity contribution < 1.29 is 4.79 Å². The summed E-state index contributed by atoms with van der Waals surface area (Å²) < 4.78 is 0. The summed E-state index contributed by atoms with van der Waals surface area (Å²) >= 11 is 0. The zero-order valence-electron chi connectivity index (χ0n) is 7.22. The van der Waals surface area contributed by atoms with Crippen LogP contribution in [0.4, 0.5) is 11.4 Å². The quantitative estimate of drug-likeness (QED) is 0.666. The van der Waals surface area contributed by atoms with E-state index in [0.29, 0.717) is 5.56 Å². The average molecular weight is 164 g/mol. The molecule has 1 aromatic carbocycles. The maximum Gasteiger partial charge on any atom is 0.152 e. The highest BCUT2D eigenvalue weighted by Gasteiger charge is 2.02. The van der Waals surface area contributed by atoms with Gasteiger partial charge in [-0.3, -0.25) is 4.79 Å². The van der Waals surface area contributed by atoms with Gasteiger partial charge in [0.25, 0.3) is 0 Å². The van der Waals surface area contributed by atoms with Crippen molar-refractivity contribution in [2.75, 3.05) is 24.7 Å². The zero-order valence-corrected chi connectivity index (χ0v) is 7.22. The van der Waals surface area contributed by atoms with Crippen molar-refractivity contribution in [3.8, 4) is 0 Å². The first-order valence-corrected chi connectivity index (χ1v) is 3.77. The fourth-order valence-corrected chi connectivity index (χ4v) is 1.16. The SMILES string of the molecule is CNc1cccc(C=O)c1NC. The lowest BCUT2D eigenvalue weighted by molar-refractivity contribution is 0.112. The summed E-state index contributed by atoms with van der Waals surface area (Å²) in [6, 6.07) is 5.54. The van der Waals surface area contributed by atoms with Gasteiger partial charge in [0, 0.05) is 19.7 Å². The second-order valence-electron chi connectivity index (χ2n) is 2.39. The van der Waals surface area contributed by atoms with E-state index >= 15 is 0 Å². The smallest absolute Gasteiger partial charge is 0.152 e. The minimum atomic E-state index is 0.671. The van der Waals surface area contributed by atoms with E-state index in [1.54, 1.807) is 13.1 Å². The number of aldehydes is 1. The Morgan fingerprint density at radius 2 is 2.00 bits per heavy atom. The summed E-state index contributed by atoms with van der Waals surface area (Å²) in [5.41, 5.74) is 2.45. The van der Waals surface area contributed by atoms with Crippen LogP contribution in [0.15, 0.2) is 18.2 Å². The molecular formula is C9H12N2O. The molecule has 0 saturated carbocycles. The van der Waals surface area contributed by atoms with E-state index in [2.05, 4.69) is 10.6 Å². The number of para-hydroxylation sites is 1. The van der Waals surface area contributed by atoms with Crippen LogP contribution >= 0.6 is 0 Å². The molecule has 0 atom stereocenters. The molecule has 3 nitrogen and oxygen atoms in total. The summed E-state index contributed by atoms with van der Waals surface area (Å²) in [7, 11) is 3.62. The van der Waals surface area contributed by atoms with Crippen LogP contribution in [0.25, 0.3) is 0 Å². The number of carbonyl (C=O) groups is 1. The first kappa shape index (κ1) is 8.59. The summed E-state index contributed by atoms with van der Waals surface area (Å²) in [6.07, 6.45) is 0.840. The Bertz CT molecular complexity index is 284. The number of benzene rings is 1. The lowest BCUT2D eigenvalue weighted by Gasteiger charge is -2.09. The maximum atomic E-state index is 10.6. The fraction of sp³-hybridized carbons (Fsp3) is 0.222. The molecule has 3 heteroatoms. The molecule has 0 aromatic heterocycles. The second kappa shape index (κ2) is 3.76. The Morgan fingerprint density at radius 3 is 2.50 bits per heavy atom. The standard InChI is InChI=1S/C9H12N2O/c1-10-8-5-3-4-7(6-12)9(8)11-2/h3-6,10-11H,1-2H3. The van der Waals surface area contributed by atoms with Gasteiger partial charge in [0.2, 0.25) is 0 Å². The summed E-state index contributed by atoms with van der Waals surface area (Å²) in [4.78, 5) is 10.6. The Morgan fingerprint density at radius 1 is 1.25 bits per heavy atom. The lowest BCUT2D eigenvalue weighted by Crippen LogP contribution is -1.99. The number of carbonyl (C=O) groups excluding carboxylic acids is 1. The molecule has 0 unspecified atom stereocenters. The van der Waals surface area contributed by atoms with Crippen molar-refractivity contribution in [3.63, 3.8) is 0 Å². The molecule has 0 saturated heterocycles. The third kappa shape index (κ3) is 1.39. The van der Waals surface area contributed by atoms with Crippen LogP contribution in [0, 0.1) is 0 Å². The molecule has 12 heavy (non-hydrogen) atoms. The second-order valence-corrected chi connectivity index (χ2v) is 2.39. The molecule has 64 valence electrons. The van der Waals surface area contributed by atoms with Crippen LogP contribution in [0.1, 0.15) is 10.4 Å². The van der Waals surface area contributed by atoms with Crippen molar-refractivity contribution in [3.05, 3.63) is 23.8 Å². The van der Waals surface area contributed by atoms with E-state index in [4.69, 9.17) is 0 Å². The highest BCUT2D eigenvalue weighted by molar-refractivity contribution is 5.90. The van der Waals surface area contributed by atoms with Gasteiger partial charge in [0.05, 0.1) is 11.4 Å². The van der Waals surface area contributed by atoms with Crippen molar-refractivity contribution in [2.24, 2.45) is 0 Å². The third-order valence-corrected chi connectivity index (χ3v) is 1.74. The Labute approximate surface area is 71.8 Å².